The average Bonchev–Trinajstić information content (AvgIpc) is 3.18. The summed E-state index contributed by atoms with van der Waals surface area (Å²) in [7, 11) is 0. The van der Waals surface area contributed by atoms with Gasteiger partial charge in [0.15, 0.2) is 0 Å². The molecule has 1 aliphatic rings. The second-order valence-corrected chi connectivity index (χ2v) is 8.16. The number of hydrogen-bond acceptors (Lipinski definition) is 6. The maximum atomic E-state index is 13.1. The van der Waals surface area contributed by atoms with Crippen molar-refractivity contribution in [2.45, 2.75) is 39.0 Å². The zero-order valence-corrected chi connectivity index (χ0v) is 18.4. The lowest BCUT2D eigenvalue weighted by molar-refractivity contribution is 0.0732. The lowest BCUT2D eigenvalue weighted by Crippen LogP contribution is -2.30. The van der Waals surface area contributed by atoms with Crippen molar-refractivity contribution < 1.29 is 19.4 Å². The number of carbonyl (C=O) groups excluding carboxylic acids is 1. The number of aryl methyl sites for hydroxylation is 2. The number of aromatic nitrogens is 2. The van der Waals surface area contributed by atoms with E-state index in [2.05, 4.69) is 15.3 Å². The third kappa shape index (κ3) is 5.12. The number of carbonyl (C=O) groups is 1. The first kappa shape index (κ1) is 21.9. The molecule has 0 radical (unpaired) electrons. The van der Waals surface area contributed by atoms with E-state index in [1.165, 1.54) is 0 Å². The third-order valence-corrected chi connectivity index (χ3v) is 5.45. The van der Waals surface area contributed by atoms with Gasteiger partial charge in [-0.3, -0.25) is 14.8 Å². The molecular weight excluding hydrogens is 406 g/mol. The molecule has 0 saturated carbocycles. The first-order chi connectivity index (χ1) is 15.4. The molecule has 4 rings (SSSR count). The number of nitrogens with zero attached hydrogens (tertiary/aromatic N) is 2. The highest BCUT2D eigenvalue weighted by molar-refractivity contribution is 5.96. The van der Waals surface area contributed by atoms with Crippen molar-refractivity contribution in [2.24, 2.45) is 0 Å². The third-order valence-electron chi connectivity index (χ3n) is 5.45. The summed E-state index contributed by atoms with van der Waals surface area (Å²) in [5.41, 5.74) is 4.82. The number of rotatable bonds is 6. The van der Waals surface area contributed by atoms with Crippen LogP contribution in [0.15, 0.2) is 54.9 Å². The first-order valence-corrected chi connectivity index (χ1v) is 10.6. The molecular formula is C25H27N3O4. The minimum Gasteiger partial charge on any atom is -0.485 e. The van der Waals surface area contributed by atoms with Crippen molar-refractivity contribution in [1.82, 2.24) is 15.3 Å². The van der Waals surface area contributed by atoms with E-state index in [1.807, 2.05) is 51.1 Å². The molecule has 2 unspecified atom stereocenters. The number of aliphatic hydroxyl groups excluding tert-OH is 1. The van der Waals surface area contributed by atoms with Gasteiger partial charge in [-0.05, 0) is 62.2 Å². The van der Waals surface area contributed by atoms with Crippen LogP contribution in [0.2, 0.25) is 0 Å². The zero-order valence-electron chi connectivity index (χ0n) is 18.4. The van der Waals surface area contributed by atoms with Crippen LogP contribution < -0.4 is 10.1 Å². The van der Waals surface area contributed by atoms with Gasteiger partial charge in [0.1, 0.15) is 18.0 Å². The largest absolute Gasteiger partial charge is 0.485 e. The fourth-order valence-corrected chi connectivity index (χ4v) is 3.49. The number of aliphatic hydroxyl groups is 1. The van der Waals surface area contributed by atoms with Crippen LogP contribution >= 0.6 is 0 Å². The molecule has 1 saturated heterocycles. The van der Waals surface area contributed by atoms with Gasteiger partial charge >= 0.3 is 0 Å². The molecule has 3 aromatic rings. The van der Waals surface area contributed by atoms with E-state index >= 15 is 0 Å². The number of ether oxygens (including phenoxy) is 2. The van der Waals surface area contributed by atoms with Gasteiger partial charge in [-0.15, -0.1) is 0 Å². The Labute approximate surface area is 187 Å². The van der Waals surface area contributed by atoms with Gasteiger partial charge in [0.05, 0.1) is 24.9 Å². The van der Waals surface area contributed by atoms with Crippen molar-refractivity contribution in [3.8, 4) is 17.0 Å². The number of benzene rings is 1. The van der Waals surface area contributed by atoms with Gasteiger partial charge in [-0.25, -0.2) is 0 Å². The molecule has 1 aliphatic heterocycles. The first-order valence-electron chi connectivity index (χ1n) is 10.6. The van der Waals surface area contributed by atoms with Crippen LogP contribution in [0.1, 0.15) is 40.1 Å². The van der Waals surface area contributed by atoms with E-state index in [4.69, 9.17) is 9.47 Å². The number of pyridine rings is 2. The summed E-state index contributed by atoms with van der Waals surface area (Å²) in [4.78, 5) is 21.9. The second-order valence-electron chi connectivity index (χ2n) is 8.16. The molecule has 1 aromatic carbocycles. The maximum Gasteiger partial charge on any atom is 0.251 e. The summed E-state index contributed by atoms with van der Waals surface area (Å²) in [5.74, 6) is 0.245. The Balaban J connectivity index is 1.62. The van der Waals surface area contributed by atoms with E-state index in [-0.39, 0.29) is 18.6 Å². The minimum atomic E-state index is -0.706. The molecule has 1 fully saturated rings. The molecule has 1 amide bonds. The van der Waals surface area contributed by atoms with Crippen molar-refractivity contribution in [2.75, 3.05) is 13.2 Å². The highest BCUT2D eigenvalue weighted by Crippen LogP contribution is 2.27. The van der Waals surface area contributed by atoms with Crippen LogP contribution in [0.4, 0.5) is 0 Å². The van der Waals surface area contributed by atoms with Crippen molar-refractivity contribution in [3.63, 3.8) is 0 Å². The monoisotopic (exact) mass is 433 g/mol. The van der Waals surface area contributed by atoms with E-state index in [9.17, 15) is 9.90 Å². The summed E-state index contributed by atoms with van der Waals surface area (Å²) in [5, 5.41) is 13.1. The summed E-state index contributed by atoms with van der Waals surface area (Å²) in [6.45, 7) is 6.34. The van der Waals surface area contributed by atoms with E-state index in [1.54, 1.807) is 24.5 Å². The lowest BCUT2D eigenvalue weighted by atomic mass is 10.0. The Hall–Kier alpha value is -3.29. The van der Waals surface area contributed by atoms with Crippen LogP contribution in [0, 0.1) is 13.8 Å². The van der Waals surface area contributed by atoms with Gasteiger partial charge in [-0.1, -0.05) is 12.1 Å². The highest BCUT2D eigenvalue weighted by atomic mass is 16.6. The van der Waals surface area contributed by atoms with Gasteiger partial charge in [0, 0.05) is 29.2 Å². The van der Waals surface area contributed by atoms with Gasteiger partial charge in [-0.2, -0.15) is 0 Å². The Morgan fingerprint density at radius 2 is 1.97 bits per heavy atom. The molecule has 3 heterocycles. The molecule has 2 aromatic heterocycles. The Kier molecular flexibility index (Phi) is 6.48. The van der Waals surface area contributed by atoms with Gasteiger partial charge in [0.25, 0.3) is 5.91 Å². The standard InChI is InChI=1S/C25H27N3O4/c1-15-4-7-22(27-11-15)19-8-20(10-21(9-19)32-24-14-31-13-23(24)29)25(30)28-17(3)18-6-5-16(2)26-12-18/h4-12,17,23-24,29H,13-14H2,1-3H3,(H,28,30)/t17-,23?,24?/m1/s1. The average molecular weight is 434 g/mol. The SMILES string of the molecule is Cc1ccc(-c2cc(OC3COCC3O)cc(C(=O)N[C@H](C)c3ccc(C)nc3)c2)nc1. The molecule has 3 atom stereocenters. The summed E-state index contributed by atoms with van der Waals surface area (Å²) in [6, 6.07) is 12.8. The van der Waals surface area contributed by atoms with Crippen molar-refractivity contribution >= 4 is 5.91 Å². The second kappa shape index (κ2) is 9.46. The highest BCUT2D eigenvalue weighted by Gasteiger charge is 2.28. The smallest absolute Gasteiger partial charge is 0.251 e. The molecule has 0 aliphatic carbocycles. The molecule has 2 N–H and O–H groups in total. The lowest BCUT2D eigenvalue weighted by Gasteiger charge is -2.18. The summed E-state index contributed by atoms with van der Waals surface area (Å²) < 4.78 is 11.3. The predicted molar refractivity (Wildman–Crippen MR) is 121 cm³/mol. The number of nitrogens with one attached hydrogen (secondary N) is 1. The van der Waals surface area contributed by atoms with Crippen LogP contribution in [-0.2, 0) is 4.74 Å². The van der Waals surface area contributed by atoms with Crippen LogP contribution in [0.25, 0.3) is 11.3 Å². The quantitative estimate of drug-likeness (QED) is 0.619. The number of hydrogen-bond donors (Lipinski definition) is 2. The Morgan fingerprint density at radius 1 is 1.12 bits per heavy atom. The number of amides is 1. The molecule has 32 heavy (non-hydrogen) atoms. The summed E-state index contributed by atoms with van der Waals surface area (Å²) in [6.07, 6.45) is 2.36. The normalized spacial score (nSPS) is 18.9. The van der Waals surface area contributed by atoms with Gasteiger partial charge in [0.2, 0.25) is 0 Å². The minimum absolute atomic E-state index is 0.217. The van der Waals surface area contributed by atoms with Crippen molar-refractivity contribution in [1.29, 1.82) is 0 Å². The summed E-state index contributed by atoms with van der Waals surface area (Å²) >= 11 is 0. The predicted octanol–water partition coefficient (Wildman–Crippen LogP) is 3.39. The van der Waals surface area contributed by atoms with Gasteiger partial charge < -0.3 is 19.9 Å². The fraction of sp³-hybridized carbons (Fsp3) is 0.320. The molecule has 7 nitrogen and oxygen atoms in total. The van der Waals surface area contributed by atoms with Crippen molar-refractivity contribution in [3.05, 3.63) is 77.2 Å². The zero-order chi connectivity index (χ0) is 22.7. The molecule has 166 valence electrons. The van der Waals surface area contributed by atoms with E-state index in [0.717, 1.165) is 28.1 Å². The Bertz CT molecular complexity index is 1080. The van der Waals surface area contributed by atoms with Crippen LogP contribution in [-0.4, -0.2) is 46.4 Å². The Morgan fingerprint density at radius 3 is 2.62 bits per heavy atom. The van der Waals surface area contributed by atoms with Crippen LogP contribution in [0.5, 0.6) is 5.75 Å². The molecule has 7 heteroatoms. The molecule has 0 bridgehead atoms. The molecule has 0 spiro atoms. The maximum absolute atomic E-state index is 13.1. The topological polar surface area (TPSA) is 93.6 Å². The fourth-order valence-electron chi connectivity index (χ4n) is 3.49. The van der Waals surface area contributed by atoms with E-state index in [0.29, 0.717) is 17.9 Å². The van der Waals surface area contributed by atoms with E-state index < -0.39 is 12.2 Å². The van der Waals surface area contributed by atoms with Crippen LogP contribution in [0.3, 0.4) is 0 Å².